The third kappa shape index (κ3) is 5.45. The Kier molecular flexibility index (Phi) is 6.79. The zero-order valence-electron chi connectivity index (χ0n) is 22.8. The van der Waals surface area contributed by atoms with Crippen molar-refractivity contribution in [3.8, 4) is 0 Å². The quantitative estimate of drug-likeness (QED) is 0.477. The van der Waals surface area contributed by atoms with E-state index in [1.165, 1.54) is 6.26 Å². The number of amides is 1. The van der Waals surface area contributed by atoms with Gasteiger partial charge in [0.25, 0.3) is 0 Å². The maximum absolute atomic E-state index is 12.4. The molecular formula is C28H37N5O4S. The first-order valence-corrected chi connectivity index (χ1v) is 15.0. The van der Waals surface area contributed by atoms with E-state index < -0.39 is 15.4 Å². The number of sulfone groups is 1. The van der Waals surface area contributed by atoms with E-state index in [2.05, 4.69) is 38.8 Å². The number of fused-ring (bicyclic) bond motifs is 1. The number of ether oxygens (including phenoxy) is 1. The fraction of sp³-hybridized carbons (Fsp3) is 0.500. The molecule has 9 nitrogen and oxygen atoms in total. The second-order valence-electron chi connectivity index (χ2n) is 11.4. The first-order chi connectivity index (χ1) is 17.9. The van der Waals surface area contributed by atoms with E-state index >= 15 is 0 Å². The van der Waals surface area contributed by atoms with Gasteiger partial charge in [0.05, 0.1) is 4.90 Å². The largest absolute Gasteiger partial charge is 0.444 e. The Morgan fingerprint density at radius 2 is 1.61 bits per heavy atom. The van der Waals surface area contributed by atoms with Gasteiger partial charge < -0.3 is 24.0 Å². The molecule has 0 spiro atoms. The Morgan fingerprint density at radius 3 is 2.21 bits per heavy atom. The van der Waals surface area contributed by atoms with Crippen LogP contribution in [0.25, 0.3) is 11.0 Å². The number of anilines is 2. The van der Waals surface area contributed by atoms with Crippen molar-refractivity contribution in [2.75, 3.05) is 49.3 Å². The summed E-state index contributed by atoms with van der Waals surface area (Å²) >= 11 is 0. The van der Waals surface area contributed by atoms with Gasteiger partial charge in [0.15, 0.2) is 9.84 Å². The Balaban J connectivity index is 1.22. The molecule has 0 atom stereocenters. The highest BCUT2D eigenvalue weighted by molar-refractivity contribution is 7.90. The topological polar surface area (TPSA) is 88.0 Å². The molecule has 0 radical (unpaired) electrons. The van der Waals surface area contributed by atoms with Crippen LogP contribution in [-0.2, 0) is 14.6 Å². The number of rotatable bonds is 5. The standard InChI is InChI=1S/C28H37N5O4S/c1-28(2,3)37-27(34)30(4)22-18-23(19-22)33-13-12-20-6-11-25(29-26(20)33)32-16-14-31(15-17-32)21-7-9-24(10-8-21)38(5,35)36/h6-13,22-23H,14-19H2,1-5H3/t22-,23-. The molecule has 1 aliphatic carbocycles. The molecule has 0 bridgehead atoms. The van der Waals surface area contributed by atoms with Crippen LogP contribution in [0.3, 0.4) is 0 Å². The van der Waals surface area contributed by atoms with Crippen molar-refractivity contribution < 1.29 is 17.9 Å². The summed E-state index contributed by atoms with van der Waals surface area (Å²) in [5, 5.41) is 1.11. The predicted octanol–water partition coefficient (Wildman–Crippen LogP) is 4.34. The third-order valence-electron chi connectivity index (χ3n) is 7.49. The molecule has 2 fully saturated rings. The van der Waals surface area contributed by atoms with Gasteiger partial charge in [0.1, 0.15) is 17.1 Å². The molecule has 3 heterocycles. The molecule has 1 aliphatic heterocycles. The van der Waals surface area contributed by atoms with Gasteiger partial charge in [-0.1, -0.05) is 0 Å². The smallest absolute Gasteiger partial charge is 0.410 e. The Hall–Kier alpha value is -3.27. The van der Waals surface area contributed by atoms with Crippen molar-refractivity contribution in [3.63, 3.8) is 0 Å². The lowest BCUT2D eigenvalue weighted by atomic mass is 9.85. The molecule has 10 heteroatoms. The van der Waals surface area contributed by atoms with Gasteiger partial charge in [-0.25, -0.2) is 18.2 Å². The van der Waals surface area contributed by atoms with Crippen LogP contribution in [0.2, 0.25) is 0 Å². The minimum Gasteiger partial charge on any atom is -0.444 e. The summed E-state index contributed by atoms with van der Waals surface area (Å²) in [5.74, 6) is 0.964. The molecule has 1 amide bonds. The van der Waals surface area contributed by atoms with Crippen LogP contribution in [0.1, 0.15) is 39.7 Å². The second kappa shape index (κ2) is 9.80. The highest BCUT2D eigenvalue weighted by Crippen LogP contribution is 2.38. The average Bonchev–Trinajstić information content (AvgIpc) is 3.24. The summed E-state index contributed by atoms with van der Waals surface area (Å²) in [6.07, 6.45) is 4.81. The molecule has 5 rings (SSSR count). The number of hydrogen-bond donors (Lipinski definition) is 0. The van der Waals surface area contributed by atoms with Gasteiger partial charge in [-0.15, -0.1) is 0 Å². The van der Waals surface area contributed by atoms with Crippen LogP contribution in [-0.4, -0.2) is 80.1 Å². The number of benzene rings is 1. The Labute approximate surface area is 224 Å². The van der Waals surface area contributed by atoms with Gasteiger partial charge in [-0.3, -0.25) is 0 Å². The van der Waals surface area contributed by atoms with Crippen molar-refractivity contribution in [1.29, 1.82) is 0 Å². The van der Waals surface area contributed by atoms with E-state index in [0.29, 0.717) is 10.9 Å². The van der Waals surface area contributed by atoms with Crippen molar-refractivity contribution >= 4 is 38.5 Å². The van der Waals surface area contributed by atoms with Crippen molar-refractivity contribution in [1.82, 2.24) is 14.5 Å². The monoisotopic (exact) mass is 539 g/mol. The first kappa shape index (κ1) is 26.3. The summed E-state index contributed by atoms with van der Waals surface area (Å²) in [5.41, 5.74) is 1.51. The maximum Gasteiger partial charge on any atom is 0.410 e. The van der Waals surface area contributed by atoms with E-state index in [1.54, 1.807) is 17.0 Å². The SMILES string of the molecule is CN(C(=O)OC(C)(C)C)[C@H]1C[C@H](n2ccc3ccc(N4CCN(c5ccc(S(C)(=O)=O)cc5)CC4)nc32)C1. The second-order valence-corrected chi connectivity index (χ2v) is 13.4. The fourth-order valence-corrected chi connectivity index (χ4v) is 5.80. The lowest BCUT2D eigenvalue weighted by molar-refractivity contribution is 0.00809. The van der Waals surface area contributed by atoms with Gasteiger partial charge in [0, 0.05) is 68.8 Å². The molecule has 2 aromatic heterocycles. The lowest BCUT2D eigenvalue weighted by Crippen LogP contribution is -2.47. The van der Waals surface area contributed by atoms with Crippen LogP contribution < -0.4 is 9.80 Å². The van der Waals surface area contributed by atoms with Crippen LogP contribution in [0, 0.1) is 0 Å². The summed E-state index contributed by atoms with van der Waals surface area (Å²) in [4.78, 5) is 24.1. The Bertz CT molecular complexity index is 1410. The Morgan fingerprint density at radius 1 is 0.974 bits per heavy atom. The highest BCUT2D eigenvalue weighted by atomic mass is 32.2. The van der Waals surface area contributed by atoms with Crippen molar-refractivity contribution in [2.24, 2.45) is 0 Å². The number of piperazine rings is 1. The summed E-state index contributed by atoms with van der Waals surface area (Å²) in [6, 6.07) is 13.9. The molecular weight excluding hydrogens is 502 g/mol. The van der Waals surface area contributed by atoms with Gasteiger partial charge in [-0.05, 0) is 76.1 Å². The van der Waals surface area contributed by atoms with Gasteiger partial charge in [-0.2, -0.15) is 0 Å². The molecule has 3 aromatic rings. The van der Waals surface area contributed by atoms with E-state index in [1.807, 2.05) is 40.0 Å². The minimum absolute atomic E-state index is 0.162. The van der Waals surface area contributed by atoms with E-state index in [0.717, 1.165) is 61.6 Å². The number of carbonyl (C=O) groups excluding carboxylic acids is 1. The molecule has 0 unspecified atom stereocenters. The van der Waals surface area contributed by atoms with Gasteiger partial charge >= 0.3 is 6.09 Å². The normalized spacial score (nSPS) is 20.3. The highest BCUT2D eigenvalue weighted by Gasteiger charge is 2.37. The summed E-state index contributed by atoms with van der Waals surface area (Å²) in [6.45, 7) is 8.99. The van der Waals surface area contributed by atoms with Crippen LogP contribution in [0.5, 0.6) is 0 Å². The zero-order valence-corrected chi connectivity index (χ0v) is 23.6. The van der Waals surface area contributed by atoms with E-state index in [4.69, 9.17) is 9.72 Å². The number of pyridine rings is 1. The molecule has 0 N–H and O–H groups in total. The summed E-state index contributed by atoms with van der Waals surface area (Å²) in [7, 11) is -1.38. The number of aromatic nitrogens is 2. The minimum atomic E-state index is -3.19. The van der Waals surface area contributed by atoms with E-state index in [9.17, 15) is 13.2 Å². The van der Waals surface area contributed by atoms with Crippen LogP contribution in [0.4, 0.5) is 16.3 Å². The predicted molar refractivity (Wildman–Crippen MR) is 150 cm³/mol. The number of hydrogen-bond acceptors (Lipinski definition) is 7. The molecule has 204 valence electrons. The van der Waals surface area contributed by atoms with Crippen molar-refractivity contribution in [3.05, 3.63) is 48.7 Å². The number of carbonyl (C=O) groups is 1. The lowest BCUT2D eigenvalue weighted by Gasteiger charge is -2.42. The first-order valence-electron chi connectivity index (χ1n) is 13.1. The molecule has 38 heavy (non-hydrogen) atoms. The fourth-order valence-electron chi connectivity index (χ4n) is 5.17. The summed E-state index contributed by atoms with van der Waals surface area (Å²) < 4.78 is 31.3. The molecule has 1 saturated heterocycles. The van der Waals surface area contributed by atoms with Gasteiger partial charge in [0.2, 0.25) is 0 Å². The molecule has 1 aromatic carbocycles. The van der Waals surface area contributed by atoms with Crippen LogP contribution in [0.15, 0.2) is 53.6 Å². The maximum atomic E-state index is 12.4. The number of nitrogens with zero attached hydrogens (tertiary/aromatic N) is 5. The zero-order chi connectivity index (χ0) is 27.2. The third-order valence-corrected chi connectivity index (χ3v) is 8.62. The average molecular weight is 540 g/mol. The molecule has 1 saturated carbocycles. The van der Waals surface area contributed by atoms with Crippen LogP contribution >= 0.6 is 0 Å². The van der Waals surface area contributed by atoms with E-state index in [-0.39, 0.29) is 12.1 Å². The molecule has 2 aliphatic rings. The van der Waals surface area contributed by atoms with Crippen molar-refractivity contribution in [2.45, 2.75) is 56.2 Å².